The van der Waals surface area contributed by atoms with Crippen LogP contribution in [-0.2, 0) is 17.6 Å². The number of amides is 1. The molecule has 0 atom stereocenters. The van der Waals surface area contributed by atoms with Crippen molar-refractivity contribution < 1.29 is 9.18 Å². The minimum atomic E-state index is -0.280. The zero-order chi connectivity index (χ0) is 20.1. The minimum Gasteiger partial charge on any atom is -0.309 e. The van der Waals surface area contributed by atoms with Crippen LogP contribution < -0.4 is 5.32 Å². The van der Waals surface area contributed by atoms with Crippen molar-refractivity contribution in [3.05, 3.63) is 77.9 Å². The number of nitrogens with one attached hydrogen (secondary N) is 1. The van der Waals surface area contributed by atoms with Gasteiger partial charge in [0.1, 0.15) is 5.82 Å². The fraction of sp³-hybridized carbons (Fsp3) is 0.292. The first-order chi connectivity index (χ1) is 14.2. The fourth-order valence-electron chi connectivity index (χ4n) is 3.88. The maximum Gasteiger partial charge on any atom is 0.229 e. The average Bonchev–Trinajstić information content (AvgIpc) is 3.24. The van der Waals surface area contributed by atoms with Crippen molar-refractivity contribution in [3.8, 4) is 11.3 Å². The van der Waals surface area contributed by atoms with E-state index in [1.54, 1.807) is 18.3 Å². The molecule has 1 aliphatic rings. The molecule has 4 rings (SSSR count). The smallest absolute Gasteiger partial charge is 0.229 e. The molecule has 1 saturated carbocycles. The molecule has 1 amide bonds. The van der Waals surface area contributed by atoms with Crippen LogP contribution in [0.1, 0.15) is 36.9 Å². The van der Waals surface area contributed by atoms with E-state index in [2.05, 4.69) is 10.3 Å². The van der Waals surface area contributed by atoms with Crippen LogP contribution >= 0.6 is 0 Å². The number of anilines is 1. The molecule has 148 valence electrons. The molecule has 0 spiro atoms. The quantitative estimate of drug-likeness (QED) is 0.631. The van der Waals surface area contributed by atoms with E-state index in [1.807, 2.05) is 30.3 Å². The molecule has 0 radical (unpaired) electrons. The molecule has 2 aromatic carbocycles. The molecule has 1 fully saturated rings. The number of carbonyl (C=O) groups excluding carboxylic acids is 1. The van der Waals surface area contributed by atoms with E-state index in [0.717, 1.165) is 23.2 Å². The van der Waals surface area contributed by atoms with Crippen molar-refractivity contribution in [1.82, 2.24) is 9.97 Å². The number of halogens is 1. The number of hydrogen-bond donors (Lipinski definition) is 1. The summed E-state index contributed by atoms with van der Waals surface area (Å²) in [7, 11) is 0. The van der Waals surface area contributed by atoms with Crippen molar-refractivity contribution in [1.29, 1.82) is 0 Å². The molecule has 3 aromatic rings. The highest BCUT2D eigenvalue weighted by Crippen LogP contribution is 2.30. The zero-order valence-corrected chi connectivity index (χ0v) is 16.3. The second-order valence-corrected chi connectivity index (χ2v) is 7.62. The molecule has 4 nitrogen and oxygen atoms in total. The minimum absolute atomic E-state index is 0.104. The van der Waals surface area contributed by atoms with Crippen LogP contribution in [0, 0.1) is 11.7 Å². The number of benzene rings is 2. The van der Waals surface area contributed by atoms with Crippen LogP contribution in [0.4, 0.5) is 10.2 Å². The van der Waals surface area contributed by atoms with E-state index in [9.17, 15) is 9.18 Å². The van der Waals surface area contributed by atoms with E-state index in [1.165, 1.54) is 37.8 Å². The average molecular weight is 389 g/mol. The monoisotopic (exact) mass is 389 g/mol. The van der Waals surface area contributed by atoms with E-state index < -0.39 is 0 Å². The molecule has 0 saturated heterocycles. The van der Waals surface area contributed by atoms with Crippen molar-refractivity contribution in [2.45, 2.75) is 38.5 Å². The standard InChI is InChI=1S/C24H24FN3O/c25-20-12-10-19(11-13-20)22-16-26-24(21(27-22)14-17-8-4-5-9-17)28-23(29)15-18-6-2-1-3-7-18/h1-3,6-7,10-13,16-17H,4-5,8-9,14-15H2,(H,26,28,29). The SMILES string of the molecule is O=C(Cc1ccccc1)Nc1ncc(-c2ccc(F)cc2)nc1CC1CCCC1. The Morgan fingerprint density at radius 1 is 1.03 bits per heavy atom. The zero-order valence-electron chi connectivity index (χ0n) is 16.3. The van der Waals surface area contributed by atoms with Gasteiger partial charge in [-0.15, -0.1) is 0 Å². The van der Waals surface area contributed by atoms with Crippen molar-refractivity contribution in [2.24, 2.45) is 5.92 Å². The van der Waals surface area contributed by atoms with Gasteiger partial charge >= 0.3 is 0 Å². The summed E-state index contributed by atoms with van der Waals surface area (Å²) in [6.07, 6.45) is 7.58. The van der Waals surface area contributed by atoms with E-state index in [-0.39, 0.29) is 11.7 Å². The molecule has 29 heavy (non-hydrogen) atoms. The maximum absolute atomic E-state index is 13.3. The van der Waals surface area contributed by atoms with Gasteiger partial charge in [-0.25, -0.2) is 14.4 Å². The molecule has 5 heteroatoms. The third-order valence-electron chi connectivity index (χ3n) is 5.41. The van der Waals surface area contributed by atoms with Gasteiger partial charge in [-0.3, -0.25) is 4.79 Å². The molecule has 1 aliphatic carbocycles. The van der Waals surface area contributed by atoms with Crippen LogP contribution in [0.25, 0.3) is 11.3 Å². The highest BCUT2D eigenvalue weighted by atomic mass is 19.1. The molecule has 0 aliphatic heterocycles. The van der Waals surface area contributed by atoms with Gasteiger partial charge in [-0.1, -0.05) is 56.0 Å². The van der Waals surface area contributed by atoms with Crippen molar-refractivity contribution in [2.75, 3.05) is 5.32 Å². The lowest BCUT2D eigenvalue weighted by Gasteiger charge is -2.14. The van der Waals surface area contributed by atoms with Crippen LogP contribution in [0.15, 0.2) is 60.8 Å². The molecular formula is C24H24FN3O. The van der Waals surface area contributed by atoms with Gasteiger partial charge in [0.2, 0.25) is 5.91 Å². The number of hydrogen-bond acceptors (Lipinski definition) is 3. The predicted octanol–water partition coefficient (Wildman–Crippen LogP) is 5.20. The van der Waals surface area contributed by atoms with Crippen LogP contribution in [-0.4, -0.2) is 15.9 Å². The number of carbonyl (C=O) groups is 1. The summed E-state index contributed by atoms with van der Waals surface area (Å²) < 4.78 is 13.3. The lowest BCUT2D eigenvalue weighted by Crippen LogP contribution is -2.18. The first-order valence-electron chi connectivity index (χ1n) is 10.1. The summed E-state index contributed by atoms with van der Waals surface area (Å²) in [5.41, 5.74) is 3.27. The molecule has 1 N–H and O–H groups in total. The van der Waals surface area contributed by atoms with Crippen molar-refractivity contribution in [3.63, 3.8) is 0 Å². The molecule has 0 bridgehead atoms. The van der Waals surface area contributed by atoms with E-state index in [4.69, 9.17) is 4.98 Å². The summed E-state index contributed by atoms with van der Waals surface area (Å²) in [6.45, 7) is 0. The van der Waals surface area contributed by atoms with Gasteiger partial charge in [-0.2, -0.15) is 0 Å². The highest BCUT2D eigenvalue weighted by Gasteiger charge is 2.20. The Balaban J connectivity index is 1.57. The maximum atomic E-state index is 13.3. The van der Waals surface area contributed by atoms with Gasteiger partial charge in [0.15, 0.2) is 5.82 Å². The van der Waals surface area contributed by atoms with Gasteiger partial charge in [-0.05, 0) is 42.2 Å². The summed E-state index contributed by atoms with van der Waals surface area (Å²) in [5, 5.41) is 2.95. The highest BCUT2D eigenvalue weighted by molar-refractivity contribution is 5.92. The Morgan fingerprint density at radius 2 is 1.76 bits per heavy atom. The van der Waals surface area contributed by atoms with Gasteiger partial charge < -0.3 is 5.32 Å². The van der Waals surface area contributed by atoms with Crippen LogP contribution in [0.3, 0.4) is 0 Å². The normalized spacial score (nSPS) is 14.1. The Morgan fingerprint density at radius 3 is 2.48 bits per heavy atom. The molecule has 0 unspecified atom stereocenters. The van der Waals surface area contributed by atoms with Crippen LogP contribution in [0.5, 0.6) is 0 Å². The summed E-state index contributed by atoms with van der Waals surface area (Å²) in [5.74, 6) is 0.714. The van der Waals surface area contributed by atoms with Crippen LogP contribution in [0.2, 0.25) is 0 Å². The third-order valence-corrected chi connectivity index (χ3v) is 5.41. The number of rotatable bonds is 6. The topological polar surface area (TPSA) is 54.9 Å². The van der Waals surface area contributed by atoms with Gasteiger partial charge in [0, 0.05) is 5.56 Å². The lowest BCUT2D eigenvalue weighted by molar-refractivity contribution is -0.115. The van der Waals surface area contributed by atoms with Crippen molar-refractivity contribution >= 4 is 11.7 Å². The summed E-state index contributed by atoms with van der Waals surface area (Å²) in [4.78, 5) is 21.9. The number of aromatic nitrogens is 2. The summed E-state index contributed by atoms with van der Waals surface area (Å²) >= 11 is 0. The summed E-state index contributed by atoms with van der Waals surface area (Å²) in [6, 6.07) is 15.9. The largest absolute Gasteiger partial charge is 0.309 e. The molecular weight excluding hydrogens is 365 g/mol. The molecule has 1 aromatic heterocycles. The molecule has 1 heterocycles. The van der Waals surface area contributed by atoms with Gasteiger partial charge in [0.25, 0.3) is 0 Å². The fourth-order valence-corrected chi connectivity index (χ4v) is 3.88. The first kappa shape index (κ1) is 19.2. The van der Waals surface area contributed by atoms with Gasteiger partial charge in [0.05, 0.1) is 24.0 Å². The lowest BCUT2D eigenvalue weighted by atomic mass is 10.0. The Bertz CT molecular complexity index is 967. The predicted molar refractivity (Wildman–Crippen MR) is 112 cm³/mol. The van der Waals surface area contributed by atoms with E-state index >= 15 is 0 Å². The Labute approximate surface area is 170 Å². The Kier molecular flexibility index (Phi) is 5.94. The number of nitrogens with zero attached hydrogens (tertiary/aromatic N) is 2. The van der Waals surface area contributed by atoms with E-state index in [0.29, 0.717) is 23.9 Å². The Hall–Kier alpha value is -3.08. The second-order valence-electron chi connectivity index (χ2n) is 7.62. The third kappa shape index (κ3) is 5.05. The first-order valence-corrected chi connectivity index (χ1v) is 10.1. The second kappa shape index (κ2) is 8.95.